The van der Waals surface area contributed by atoms with Gasteiger partial charge in [-0.3, -0.25) is 9.59 Å². The maximum atomic E-state index is 12.2. The largest absolute Gasteiger partial charge is 0.377 e. The van der Waals surface area contributed by atoms with Crippen LogP contribution in [0.5, 0.6) is 0 Å². The number of aromatic nitrogens is 2. The van der Waals surface area contributed by atoms with E-state index < -0.39 is 0 Å². The molecule has 0 spiro atoms. The maximum absolute atomic E-state index is 12.2. The molecule has 1 aliphatic rings. The Balaban J connectivity index is 2.18. The Kier molecular flexibility index (Phi) is 3.53. The smallest absolute Gasteiger partial charge is 0.274 e. The SMILES string of the molecule is CCC1COCCN1C(=O)c1ccc(=O)[nH]n1. The molecule has 0 saturated carbocycles. The van der Waals surface area contributed by atoms with Crippen molar-refractivity contribution in [3.05, 3.63) is 28.2 Å². The number of nitrogens with one attached hydrogen (secondary N) is 1. The average Bonchev–Trinajstić information content (AvgIpc) is 2.39. The van der Waals surface area contributed by atoms with Crippen LogP contribution in [0, 0.1) is 0 Å². The molecule has 17 heavy (non-hydrogen) atoms. The quantitative estimate of drug-likeness (QED) is 0.786. The zero-order chi connectivity index (χ0) is 12.3. The molecule has 2 heterocycles. The van der Waals surface area contributed by atoms with Crippen LogP contribution in [0.2, 0.25) is 0 Å². The molecular weight excluding hydrogens is 222 g/mol. The van der Waals surface area contributed by atoms with Crippen molar-refractivity contribution in [3.8, 4) is 0 Å². The Morgan fingerprint density at radius 2 is 2.47 bits per heavy atom. The zero-order valence-electron chi connectivity index (χ0n) is 9.68. The fraction of sp³-hybridized carbons (Fsp3) is 0.545. The molecule has 0 bridgehead atoms. The van der Waals surface area contributed by atoms with Crippen LogP contribution in [-0.2, 0) is 4.74 Å². The van der Waals surface area contributed by atoms with Gasteiger partial charge in [0.15, 0.2) is 0 Å². The minimum Gasteiger partial charge on any atom is -0.377 e. The molecule has 1 aliphatic heterocycles. The highest BCUT2D eigenvalue weighted by Crippen LogP contribution is 2.12. The molecule has 1 fully saturated rings. The Labute approximate surface area is 98.6 Å². The molecule has 1 aromatic heterocycles. The number of rotatable bonds is 2. The van der Waals surface area contributed by atoms with E-state index in [0.29, 0.717) is 19.8 Å². The summed E-state index contributed by atoms with van der Waals surface area (Å²) in [5.74, 6) is -0.156. The molecule has 92 valence electrons. The van der Waals surface area contributed by atoms with Gasteiger partial charge in [0.05, 0.1) is 19.3 Å². The summed E-state index contributed by atoms with van der Waals surface area (Å²) < 4.78 is 5.34. The van der Waals surface area contributed by atoms with E-state index in [1.165, 1.54) is 12.1 Å². The van der Waals surface area contributed by atoms with Gasteiger partial charge < -0.3 is 9.64 Å². The summed E-state index contributed by atoms with van der Waals surface area (Å²) in [5.41, 5.74) is -0.0412. The van der Waals surface area contributed by atoms with Gasteiger partial charge in [-0.1, -0.05) is 6.92 Å². The lowest BCUT2D eigenvalue weighted by molar-refractivity contribution is -0.00317. The molecule has 6 heteroatoms. The Hall–Kier alpha value is -1.69. The average molecular weight is 237 g/mol. The number of aromatic amines is 1. The standard InChI is InChI=1S/C11H15N3O3/c1-2-8-7-17-6-5-14(8)11(16)9-3-4-10(15)13-12-9/h3-4,8H,2,5-7H2,1H3,(H,13,15). The fourth-order valence-electron chi connectivity index (χ4n) is 1.87. The normalized spacial score (nSPS) is 20.3. The highest BCUT2D eigenvalue weighted by Gasteiger charge is 2.27. The number of hydrogen-bond acceptors (Lipinski definition) is 4. The molecule has 1 atom stereocenters. The summed E-state index contributed by atoms with van der Waals surface area (Å²) in [7, 11) is 0. The summed E-state index contributed by atoms with van der Waals surface area (Å²) in [4.78, 5) is 24.8. The molecule has 1 N–H and O–H groups in total. The van der Waals surface area contributed by atoms with E-state index in [2.05, 4.69) is 10.2 Å². The number of carbonyl (C=O) groups is 1. The van der Waals surface area contributed by atoms with Gasteiger partial charge in [0.2, 0.25) is 0 Å². The van der Waals surface area contributed by atoms with Crippen molar-refractivity contribution in [3.63, 3.8) is 0 Å². The third-order valence-corrected chi connectivity index (χ3v) is 2.86. The molecule has 0 aliphatic carbocycles. The van der Waals surface area contributed by atoms with Crippen LogP contribution in [0.1, 0.15) is 23.8 Å². The summed E-state index contributed by atoms with van der Waals surface area (Å²) in [6.45, 7) is 3.69. The lowest BCUT2D eigenvalue weighted by Crippen LogP contribution is -2.48. The van der Waals surface area contributed by atoms with Crippen LogP contribution in [0.4, 0.5) is 0 Å². The van der Waals surface area contributed by atoms with E-state index in [1.54, 1.807) is 4.90 Å². The number of hydrogen-bond donors (Lipinski definition) is 1. The van der Waals surface area contributed by atoms with Gasteiger partial charge in [0, 0.05) is 12.6 Å². The van der Waals surface area contributed by atoms with Crippen molar-refractivity contribution in [2.24, 2.45) is 0 Å². The first-order valence-electron chi connectivity index (χ1n) is 5.67. The molecule has 0 aromatic carbocycles. The number of amides is 1. The van der Waals surface area contributed by atoms with Crippen LogP contribution in [0.25, 0.3) is 0 Å². The monoisotopic (exact) mass is 237 g/mol. The van der Waals surface area contributed by atoms with E-state index in [-0.39, 0.29) is 23.2 Å². The molecule has 2 rings (SSSR count). The van der Waals surface area contributed by atoms with Gasteiger partial charge in [0.1, 0.15) is 5.69 Å². The van der Waals surface area contributed by atoms with Crippen LogP contribution >= 0.6 is 0 Å². The minimum atomic E-state index is -0.310. The fourth-order valence-corrected chi connectivity index (χ4v) is 1.87. The topological polar surface area (TPSA) is 75.3 Å². The van der Waals surface area contributed by atoms with Crippen LogP contribution < -0.4 is 5.56 Å². The Bertz CT molecular complexity index is 437. The number of nitrogens with zero attached hydrogens (tertiary/aromatic N) is 2. The van der Waals surface area contributed by atoms with Crippen molar-refractivity contribution < 1.29 is 9.53 Å². The highest BCUT2D eigenvalue weighted by atomic mass is 16.5. The Morgan fingerprint density at radius 3 is 3.12 bits per heavy atom. The van der Waals surface area contributed by atoms with Gasteiger partial charge in [-0.15, -0.1) is 0 Å². The van der Waals surface area contributed by atoms with Crippen molar-refractivity contribution in [1.82, 2.24) is 15.1 Å². The summed E-state index contributed by atoms with van der Waals surface area (Å²) in [6.07, 6.45) is 0.842. The highest BCUT2D eigenvalue weighted by molar-refractivity contribution is 5.92. The summed E-state index contributed by atoms with van der Waals surface area (Å²) in [6, 6.07) is 2.84. The van der Waals surface area contributed by atoms with Crippen LogP contribution in [0.15, 0.2) is 16.9 Å². The second kappa shape index (κ2) is 5.09. The number of ether oxygens (including phenoxy) is 1. The second-order valence-corrected chi connectivity index (χ2v) is 3.94. The summed E-state index contributed by atoms with van der Waals surface area (Å²) >= 11 is 0. The molecular formula is C11H15N3O3. The third kappa shape index (κ3) is 2.52. The van der Waals surface area contributed by atoms with Gasteiger partial charge in [-0.2, -0.15) is 5.10 Å². The minimum absolute atomic E-state index is 0.0879. The van der Waals surface area contributed by atoms with Crippen molar-refractivity contribution in [2.45, 2.75) is 19.4 Å². The van der Waals surface area contributed by atoms with E-state index in [4.69, 9.17) is 4.74 Å². The third-order valence-electron chi connectivity index (χ3n) is 2.86. The van der Waals surface area contributed by atoms with E-state index >= 15 is 0 Å². The van der Waals surface area contributed by atoms with Gasteiger partial charge >= 0.3 is 0 Å². The lowest BCUT2D eigenvalue weighted by Gasteiger charge is -2.34. The number of H-pyrrole nitrogens is 1. The summed E-state index contributed by atoms with van der Waals surface area (Å²) in [5, 5.41) is 6.02. The van der Waals surface area contributed by atoms with E-state index in [0.717, 1.165) is 6.42 Å². The molecule has 1 amide bonds. The zero-order valence-corrected chi connectivity index (χ0v) is 9.68. The predicted octanol–water partition coefficient (Wildman–Crippen LogP) is 0.0209. The maximum Gasteiger partial charge on any atom is 0.274 e. The second-order valence-electron chi connectivity index (χ2n) is 3.94. The first-order valence-corrected chi connectivity index (χ1v) is 5.67. The van der Waals surface area contributed by atoms with Gasteiger partial charge in [-0.05, 0) is 12.5 Å². The first-order chi connectivity index (χ1) is 8.22. The molecule has 1 saturated heterocycles. The van der Waals surface area contributed by atoms with Gasteiger partial charge in [0.25, 0.3) is 11.5 Å². The van der Waals surface area contributed by atoms with Crippen LogP contribution in [0.3, 0.4) is 0 Å². The predicted molar refractivity (Wildman–Crippen MR) is 60.8 cm³/mol. The van der Waals surface area contributed by atoms with Crippen molar-refractivity contribution in [1.29, 1.82) is 0 Å². The van der Waals surface area contributed by atoms with E-state index in [1.807, 2.05) is 6.92 Å². The Morgan fingerprint density at radius 1 is 1.65 bits per heavy atom. The van der Waals surface area contributed by atoms with Gasteiger partial charge in [-0.25, -0.2) is 5.10 Å². The van der Waals surface area contributed by atoms with Crippen molar-refractivity contribution in [2.75, 3.05) is 19.8 Å². The number of morpholine rings is 1. The first kappa shape index (κ1) is 11.8. The number of carbonyl (C=O) groups excluding carboxylic acids is 1. The van der Waals surface area contributed by atoms with Crippen LogP contribution in [-0.4, -0.2) is 46.8 Å². The molecule has 1 aromatic rings. The lowest BCUT2D eigenvalue weighted by atomic mass is 10.1. The van der Waals surface area contributed by atoms with Crippen molar-refractivity contribution >= 4 is 5.91 Å². The molecule has 1 unspecified atom stereocenters. The molecule has 6 nitrogen and oxygen atoms in total. The van der Waals surface area contributed by atoms with E-state index in [9.17, 15) is 9.59 Å². The molecule has 0 radical (unpaired) electrons.